The maximum atomic E-state index is 12.6. The molecular formula is C32H53NO5. The molecule has 0 aromatic heterocycles. The third-order valence-electron chi connectivity index (χ3n) is 12.1. The summed E-state index contributed by atoms with van der Waals surface area (Å²) in [4.78, 5) is 35.0. The second kappa shape index (κ2) is 12.3. The van der Waals surface area contributed by atoms with Crippen LogP contribution in [0.15, 0.2) is 0 Å². The molecule has 0 aromatic carbocycles. The lowest BCUT2D eigenvalue weighted by Crippen LogP contribution is -2.55. The minimum atomic E-state index is -0.755. The Morgan fingerprint density at radius 1 is 0.895 bits per heavy atom. The van der Waals surface area contributed by atoms with Crippen LogP contribution in [0.1, 0.15) is 124 Å². The Bertz CT molecular complexity index is 859. The first-order chi connectivity index (χ1) is 18.1. The summed E-state index contributed by atoms with van der Waals surface area (Å²) in [6.45, 7) is 7.54. The van der Waals surface area contributed by atoms with Gasteiger partial charge in [-0.3, -0.25) is 14.4 Å². The zero-order valence-electron chi connectivity index (χ0n) is 24.4. The lowest BCUT2D eigenvalue weighted by atomic mass is 9.44. The van der Waals surface area contributed by atoms with Gasteiger partial charge in [0, 0.05) is 25.3 Å². The van der Waals surface area contributed by atoms with E-state index in [1.165, 1.54) is 52.1 Å². The number of hydrogen-bond acceptors (Lipinski definition) is 4. The first kappa shape index (κ1) is 29.4. The van der Waals surface area contributed by atoms with Gasteiger partial charge in [0.2, 0.25) is 5.91 Å². The zero-order chi connectivity index (χ0) is 27.5. The van der Waals surface area contributed by atoms with Crippen LogP contribution < -0.4 is 5.32 Å². The van der Waals surface area contributed by atoms with E-state index < -0.39 is 5.97 Å². The molecule has 0 aliphatic heterocycles. The van der Waals surface area contributed by atoms with Crippen molar-refractivity contribution in [1.82, 2.24) is 5.32 Å². The molecule has 0 radical (unpaired) electrons. The summed E-state index contributed by atoms with van der Waals surface area (Å²) in [6, 6.07) is 0.302. The third-order valence-corrected chi connectivity index (χ3v) is 12.1. The van der Waals surface area contributed by atoms with Crippen molar-refractivity contribution in [3.8, 4) is 0 Å². The van der Waals surface area contributed by atoms with Crippen LogP contribution in [0, 0.1) is 46.3 Å². The first-order valence-corrected chi connectivity index (χ1v) is 15.7. The van der Waals surface area contributed by atoms with Gasteiger partial charge in [-0.05, 0) is 123 Å². The molecule has 4 aliphatic rings. The van der Waals surface area contributed by atoms with Crippen LogP contribution in [0.4, 0.5) is 0 Å². The Kier molecular flexibility index (Phi) is 9.51. The molecule has 0 unspecified atom stereocenters. The van der Waals surface area contributed by atoms with E-state index in [4.69, 9.17) is 9.84 Å². The van der Waals surface area contributed by atoms with E-state index in [9.17, 15) is 14.4 Å². The van der Waals surface area contributed by atoms with Crippen molar-refractivity contribution in [1.29, 1.82) is 0 Å². The molecule has 4 rings (SSSR count). The highest BCUT2D eigenvalue weighted by Gasteiger charge is 2.60. The number of carboxylic acid groups (broad SMARTS) is 1. The van der Waals surface area contributed by atoms with Crippen LogP contribution in [0.25, 0.3) is 0 Å². The number of nitrogens with one attached hydrogen (secondary N) is 1. The minimum Gasteiger partial charge on any atom is -0.481 e. The number of methoxy groups -OCH3 is 1. The molecule has 0 aromatic rings. The predicted octanol–water partition coefficient (Wildman–Crippen LogP) is 6.75. The molecule has 38 heavy (non-hydrogen) atoms. The Balaban J connectivity index is 1.30. The van der Waals surface area contributed by atoms with Gasteiger partial charge in [-0.2, -0.15) is 0 Å². The van der Waals surface area contributed by atoms with Gasteiger partial charge in [0.15, 0.2) is 0 Å². The fourth-order valence-electron chi connectivity index (χ4n) is 10.1. The molecule has 4 saturated carbocycles. The molecule has 4 fully saturated rings. The van der Waals surface area contributed by atoms with E-state index in [1.54, 1.807) is 0 Å². The lowest BCUT2D eigenvalue weighted by Gasteiger charge is -2.61. The summed E-state index contributed by atoms with van der Waals surface area (Å²) in [5, 5.41) is 12.1. The van der Waals surface area contributed by atoms with Crippen molar-refractivity contribution in [2.45, 2.75) is 130 Å². The van der Waals surface area contributed by atoms with Crippen LogP contribution in [0.3, 0.4) is 0 Å². The zero-order valence-corrected chi connectivity index (χ0v) is 24.4. The van der Waals surface area contributed by atoms with Gasteiger partial charge in [0.1, 0.15) is 0 Å². The van der Waals surface area contributed by atoms with Gasteiger partial charge in [-0.25, -0.2) is 0 Å². The van der Waals surface area contributed by atoms with Gasteiger partial charge >= 0.3 is 11.9 Å². The number of esters is 1. The monoisotopic (exact) mass is 531 g/mol. The van der Waals surface area contributed by atoms with E-state index in [0.717, 1.165) is 55.8 Å². The molecule has 0 spiro atoms. The second-order valence-corrected chi connectivity index (χ2v) is 14.0. The Morgan fingerprint density at radius 2 is 1.61 bits per heavy atom. The number of carbonyl (C=O) groups is 3. The van der Waals surface area contributed by atoms with Gasteiger partial charge < -0.3 is 15.2 Å². The summed E-state index contributed by atoms with van der Waals surface area (Å²) < 4.78 is 4.91. The Hall–Kier alpha value is -1.59. The van der Waals surface area contributed by atoms with Gasteiger partial charge in [0.25, 0.3) is 0 Å². The number of amides is 1. The smallest absolute Gasteiger partial charge is 0.305 e. The normalized spacial score (nSPS) is 38.8. The first-order valence-electron chi connectivity index (χ1n) is 15.7. The van der Waals surface area contributed by atoms with Crippen LogP contribution in [0.5, 0.6) is 0 Å². The summed E-state index contributed by atoms with van der Waals surface area (Å²) in [6.07, 6.45) is 15.9. The van der Waals surface area contributed by atoms with Crippen LogP contribution in [0.2, 0.25) is 0 Å². The van der Waals surface area contributed by atoms with Crippen molar-refractivity contribution in [2.75, 3.05) is 7.11 Å². The Morgan fingerprint density at radius 3 is 2.34 bits per heavy atom. The fraction of sp³-hybridized carbons (Fsp3) is 0.906. The maximum absolute atomic E-state index is 12.6. The van der Waals surface area contributed by atoms with E-state index in [2.05, 4.69) is 26.1 Å². The minimum absolute atomic E-state index is 0.0750. The van der Waals surface area contributed by atoms with Crippen LogP contribution in [-0.4, -0.2) is 36.1 Å². The number of carboxylic acids is 1. The molecule has 216 valence electrons. The van der Waals surface area contributed by atoms with Crippen molar-refractivity contribution in [3.05, 3.63) is 0 Å². The van der Waals surface area contributed by atoms with Gasteiger partial charge in [-0.15, -0.1) is 0 Å². The van der Waals surface area contributed by atoms with Crippen molar-refractivity contribution < 1.29 is 24.2 Å². The van der Waals surface area contributed by atoms with E-state index in [0.29, 0.717) is 48.0 Å². The van der Waals surface area contributed by atoms with E-state index >= 15 is 0 Å². The Labute approximate surface area is 230 Å². The highest BCUT2D eigenvalue weighted by Crippen LogP contribution is 2.68. The number of hydrogen-bond donors (Lipinski definition) is 2. The largest absolute Gasteiger partial charge is 0.481 e. The summed E-state index contributed by atoms with van der Waals surface area (Å²) >= 11 is 0. The summed E-state index contributed by atoms with van der Waals surface area (Å²) in [5.41, 5.74) is 0.812. The lowest BCUT2D eigenvalue weighted by molar-refractivity contribution is -0.141. The van der Waals surface area contributed by atoms with Crippen molar-refractivity contribution in [2.24, 2.45) is 46.3 Å². The average molecular weight is 532 g/mol. The molecule has 6 nitrogen and oxygen atoms in total. The fourth-order valence-corrected chi connectivity index (χ4v) is 10.1. The molecule has 2 N–H and O–H groups in total. The molecule has 9 atom stereocenters. The number of aliphatic carboxylic acids is 1. The second-order valence-electron chi connectivity index (χ2n) is 14.0. The van der Waals surface area contributed by atoms with Gasteiger partial charge in [0.05, 0.1) is 7.11 Å². The summed E-state index contributed by atoms with van der Waals surface area (Å²) in [5.74, 6) is 3.79. The maximum Gasteiger partial charge on any atom is 0.305 e. The van der Waals surface area contributed by atoms with E-state index in [-0.39, 0.29) is 18.3 Å². The molecule has 0 bridgehead atoms. The van der Waals surface area contributed by atoms with Gasteiger partial charge in [-0.1, -0.05) is 27.2 Å². The van der Waals surface area contributed by atoms with E-state index in [1.807, 2.05) is 0 Å². The van der Waals surface area contributed by atoms with Crippen LogP contribution in [-0.2, 0) is 19.1 Å². The molecule has 0 saturated heterocycles. The standard InChI is InChI=1S/C32H53NO5/c1-21(10-15-30(37)38-4)25-13-14-26-24-12-11-22-20-23(33-28(34)8-6-5-7-9-29(35)36)16-18-31(22,2)27(24)17-19-32(25,26)3/h21-27H,5-20H2,1-4H3,(H,33,34)(H,35,36)/t21-,22-,23-,24+,25-,26+,27+,31+,32-/m1/s1. The highest BCUT2D eigenvalue weighted by molar-refractivity contribution is 5.76. The number of ether oxygens (including phenoxy) is 1. The summed E-state index contributed by atoms with van der Waals surface area (Å²) in [7, 11) is 1.49. The molecule has 0 heterocycles. The third kappa shape index (κ3) is 6.09. The molecule has 4 aliphatic carbocycles. The topological polar surface area (TPSA) is 92.7 Å². The average Bonchev–Trinajstić information content (AvgIpc) is 3.24. The van der Waals surface area contributed by atoms with Crippen molar-refractivity contribution >= 4 is 17.8 Å². The van der Waals surface area contributed by atoms with Crippen molar-refractivity contribution in [3.63, 3.8) is 0 Å². The SMILES string of the molecule is COC(=O)CC[C@@H](C)[C@H]1CC[C@H]2[C@@H]3CC[C@@H]4C[C@H](NC(=O)CCCCCC(=O)O)CC[C@]4(C)[C@H]3CC[C@]12C. The van der Waals surface area contributed by atoms with Crippen LogP contribution >= 0.6 is 0 Å². The molecule has 6 heteroatoms. The molecular weight excluding hydrogens is 478 g/mol. The number of carbonyl (C=O) groups excluding carboxylic acids is 2. The quantitative estimate of drug-likeness (QED) is 0.227. The number of rotatable bonds is 11. The highest BCUT2D eigenvalue weighted by atomic mass is 16.5. The number of unbranched alkanes of at least 4 members (excludes halogenated alkanes) is 2. The number of fused-ring (bicyclic) bond motifs is 5. The predicted molar refractivity (Wildman–Crippen MR) is 148 cm³/mol. The molecule has 1 amide bonds.